The van der Waals surface area contributed by atoms with E-state index in [-0.39, 0.29) is 29.8 Å². The molecule has 1 aliphatic carbocycles. The molecule has 1 saturated carbocycles. The van der Waals surface area contributed by atoms with Crippen molar-refractivity contribution in [2.45, 2.75) is 44.1 Å². The first kappa shape index (κ1) is 15.6. The number of hydrogen-bond acceptors (Lipinski definition) is 1. The lowest BCUT2D eigenvalue weighted by Crippen LogP contribution is -2.39. The minimum Gasteiger partial charge on any atom is -0.316 e. The van der Waals surface area contributed by atoms with Crippen LogP contribution in [0.15, 0.2) is 18.2 Å². The Kier molecular flexibility index (Phi) is 4.97. The van der Waals surface area contributed by atoms with Crippen LogP contribution in [0.25, 0.3) is 0 Å². The summed E-state index contributed by atoms with van der Waals surface area (Å²) in [5.74, 6) is -2.72. The van der Waals surface area contributed by atoms with Crippen LogP contribution in [-0.4, -0.2) is 19.0 Å². The van der Waals surface area contributed by atoms with Crippen LogP contribution in [0.3, 0.4) is 0 Å². The van der Waals surface area contributed by atoms with Crippen molar-refractivity contribution in [1.82, 2.24) is 5.32 Å². The van der Waals surface area contributed by atoms with Crippen molar-refractivity contribution in [3.63, 3.8) is 0 Å². The van der Waals surface area contributed by atoms with Gasteiger partial charge in [-0.3, -0.25) is 0 Å². The molecule has 0 radical (unpaired) electrons. The van der Waals surface area contributed by atoms with Crippen LogP contribution < -0.4 is 5.32 Å². The number of rotatable bonds is 4. The molecule has 1 N–H and O–H groups in total. The second kappa shape index (κ2) is 6.35. The average molecular weight is 306 g/mol. The smallest absolute Gasteiger partial charge is 0.248 e. The zero-order valence-electron chi connectivity index (χ0n) is 11.4. The molecule has 1 aromatic rings. The number of benzene rings is 1. The quantitative estimate of drug-likeness (QED) is 0.867. The Balaban J connectivity index is 2.00. The molecule has 1 nitrogen and oxygen atoms in total. The van der Waals surface area contributed by atoms with Crippen molar-refractivity contribution in [1.29, 1.82) is 0 Å². The maximum atomic E-state index is 13.2. The van der Waals surface area contributed by atoms with E-state index in [4.69, 9.17) is 11.6 Å². The van der Waals surface area contributed by atoms with Crippen LogP contribution in [0, 0.1) is 11.7 Å². The minimum absolute atomic E-state index is 0.0416. The lowest BCUT2D eigenvalue weighted by atomic mass is 9.80. The predicted octanol–water partition coefficient (Wildman–Crippen LogP) is 4.44. The van der Waals surface area contributed by atoms with E-state index in [2.05, 4.69) is 5.32 Å². The molecule has 0 spiro atoms. The predicted molar refractivity (Wildman–Crippen MR) is 74.9 cm³/mol. The highest BCUT2D eigenvalue weighted by molar-refractivity contribution is 6.30. The second-order valence-corrected chi connectivity index (χ2v) is 5.95. The van der Waals surface area contributed by atoms with Crippen molar-refractivity contribution in [3.05, 3.63) is 34.6 Å². The van der Waals surface area contributed by atoms with Crippen LogP contribution in [-0.2, 0) is 6.42 Å². The molecule has 0 saturated heterocycles. The van der Waals surface area contributed by atoms with Gasteiger partial charge in [0.25, 0.3) is 0 Å². The van der Waals surface area contributed by atoms with Crippen molar-refractivity contribution >= 4 is 11.6 Å². The van der Waals surface area contributed by atoms with E-state index >= 15 is 0 Å². The zero-order valence-corrected chi connectivity index (χ0v) is 12.2. The van der Waals surface area contributed by atoms with Crippen molar-refractivity contribution in [2.75, 3.05) is 7.05 Å². The Morgan fingerprint density at radius 3 is 2.55 bits per heavy atom. The molecule has 112 valence electrons. The van der Waals surface area contributed by atoms with Crippen LogP contribution in [0.4, 0.5) is 13.2 Å². The van der Waals surface area contributed by atoms with Crippen molar-refractivity contribution < 1.29 is 13.2 Å². The van der Waals surface area contributed by atoms with Gasteiger partial charge < -0.3 is 5.32 Å². The summed E-state index contributed by atoms with van der Waals surface area (Å²) >= 11 is 5.77. The van der Waals surface area contributed by atoms with Crippen LogP contribution in [0.2, 0.25) is 5.02 Å². The summed E-state index contributed by atoms with van der Waals surface area (Å²) in [5, 5.41) is 3.30. The highest BCUT2D eigenvalue weighted by Crippen LogP contribution is 2.38. The van der Waals surface area contributed by atoms with E-state index in [1.54, 1.807) is 12.1 Å². The minimum atomic E-state index is -2.51. The summed E-state index contributed by atoms with van der Waals surface area (Å²) < 4.78 is 39.5. The number of alkyl halides is 2. The molecule has 1 aliphatic rings. The number of nitrogens with one attached hydrogen (secondary N) is 1. The maximum absolute atomic E-state index is 13.2. The highest BCUT2D eigenvalue weighted by atomic mass is 35.5. The van der Waals surface area contributed by atoms with E-state index in [1.807, 2.05) is 7.05 Å². The molecular formula is C15H19ClF3N. The SMILES string of the molecule is CNC(Cc1ccc(F)c(Cl)c1)C1CCC(F)(F)CC1. The molecular weight excluding hydrogens is 287 g/mol. The molecule has 0 amide bonds. The molecule has 5 heteroatoms. The third-order valence-electron chi connectivity index (χ3n) is 4.14. The highest BCUT2D eigenvalue weighted by Gasteiger charge is 2.37. The zero-order chi connectivity index (χ0) is 14.8. The van der Waals surface area contributed by atoms with Crippen molar-refractivity contribution in [3.8, 4) is 0 Å². The van der Waals surface area contributed by atoms with Gasteiger partial charge in [-0.15, -0.1) is 0 Å². The first-order valence-corrected chi connectivity index (χ1v) is 7.28. The molecule has 0 aliphatic heterocycles. The van der Waals surface area contributed by atoms with Crippen LogP contribution in [0.1, 0.15) is 31.2 Å². The Morgan fingerprint density at radius 1 is 1.35 bits per heavy atom. The number of hydrogen-bond donors (Lipinski definition) is 1. The number of likely N-dealkylation sites (N-methyl/N-ethyl adjacent to an activating group) is 1. The van der Waals surface area contributed by atoms with Gasteiger partial charge in [0.05, 0.1) is 5.02 Å². The van der Waals surface area contributed by atoms with Gasteiger partial charge >= 0.3 is 0 Å². The normalized spacial score (nSPS) is 20.9. The van der Waals surface area contributed by atoms with Gasteiger partial charge in [-0.1, -0.05) is 17.7 Å². The Labute approximate surface area is 122 Å². The number of halogens is 4. The van der Waals surface area contributed by atoms with Gasteiger partial charge in [0.2, 0.25) is 5.92 Å². The van der Waals surface area contributed by atoms with Crippen LogP contribution in [0.5, 0.6) is 0 Å². The maximum Gasteiger partial charge on any atom is 0.248 e. The van der Waals surface area contributed by atoms with E-state index in [9.17, 15) is 13.2 Å². The molecule has 2 rings (SSSR count). The summed E-state index contributed by atoms with van der Waals surface area (Å²) in [6.07, 6.45) is 1.63. The van der Waals surface area contributed by atoms with Gasteiger partial charge in [0.1, 0.15) is 5.82 Å². The average Bonchev–Trinajstić information content (AvgIpc) is 2.40. The lowest BCUT2D eigenvalue weighted by molar-refractivity contribution is -0.0492. The lowest BCUT2D eigenvalue weighted by Gasteiger charge is -2.33. The Bertz CT molecular complexity index is 454. The van der Waals surface area contributed by atoms with Gasteiger partial charge in [0.15, 0.2) is 0 Å². The van der Waals surface area contributed by atoms with Crippen molar-refractivity contribution in [2.24, 2.45) is 5.92 Å². The summed E-state index contributed by atoms with van der Waals surface area (Å²) in [5.41, 5.74) is 0.924. The molecule has 1 fully saturated rings. The van der Waals surface area contributed by atoms with Gasteiger partial charge in [-0.2, -0.15) is 0 Å². The van der Waals surface area contributed by atoms with Gasteiger partial charge in [0, 0.05) is 18.9 Å². The molecule has 0 bridgehead atoms. The summed E-state index contributed by atoms with van der Waals surface area (Å²) in [4.78, 5) is 0. The molecule has 1 aromatic carbocycles. The summed E-state index contributed by atoms with van der Waals surface area (Å²) in [6.45, 7) is 0. The largest absolute Gasteiger partial charge is 0.316 e. The van der Waals surface area contributed by atoms with E-state index in [0.717, 1.165) is 5.56 Å². The summed E-state index contributed by atoms with van der Waals surface area (Å²) in [7, 11) is 1.84. The van der Waals surface area contributed by atoms with Crippen LogP contribution >= 0.6 is 11.6 Å². The first-order valence-electron chi connectivity index (χ1n) is 6.90. The Morgan fingerprint density at radius 2 is 2.00 bits per heavy atom. The Hall–Kier alpha value is -0.740. The van der Waals surface area contributed by atoms with E-state index in [0.29, 0.717) is 19.3 Å². The monoisotopic (exact) mass is 305 g/mol. The molecule has 0 heterocycles. The fraction of sp³-hybridized carbons (Fsp3) is 0.600. The molecule has 0 aromatic heterocycles. The fourth-order valence-corrected chi connectivity index (χ4v) is 3.09. The first-order chi connectivity index (χ1) is 9.41. The second-order valence-electron chi connectivity index (χ2n) is 5.54. The third-order valence-corrected chi connectivity index (χ3v) is 4.43. The fourth-order valence-electron chi connectivity index (χ4n) is 2.89. The van der Waals surface area contributed by atoms with Gasteiger partial charge in [-0.25, -0.2) is 13.2 Å². The van der Waals surface area contributed by atoms with Gasteiger partial charge in [-0.05, 0) is 49.9 Å². The van der Waals surface area contributed by atoms with E-state index in [1.165, 1.54) is 6.07 Å². The molecule has 1 unspecified atom stereocenters. The topological polar surface area (TPSA) is 12.0 Å². The molecule has 1 atom stereocenters. The van der Waals surface area contributed by atoms with E-state index < -0.39 is 11.7 Å². The standard InChI is InChI=1S/C15H19ClF3N/c1-20-14(11-4-6-15(18,19)7-5-11)9-10-2-3-13(17)12(16)8-10/h2-3,8,11,14,20H,4-7,9H2,1H3. The third kappa shape index (κ3) is 3.89. The molecule has 20 heavy (non-hydrogen) atoms. The summed E-state index contributed by atoms with van der Waals surface area (Å²) in [6, 6.07) is 4.77.